The van der Waals surface area contributed by atoms with Crippen LogP contribution in [0.4, 0.5) is 0 Å². The molecule has 82 valence electrons. The summed E-state index contributed by atoms with van der Waals surface area (Å²) >= 11 is 6.02. The Morgan fingerprint density at radius 3 is 2.75 bits per heavy atom. The molecule has 0 atom stereocenters. The van der Waals surface area contributed by atoms with Crippen LogP contribution in [-0.2, 0) is 0 Å². The minimum absolute atomic E-state index is 0.267. The fraction of sp³-hybridized carbons (Fsp3) is 0.333. The molecular formula is C12H12ClN3. The Bertz CT molecular complexity index is 590. The van der Waals surface area contributed by atoms with Crippen molar-refractivity contribution in [2.45, 2.75) is 26.7 Å². The summed E-state index contributed by atoms with van der Waals surface area (Å²) in [5.74, 6) is 0.267. The fourth-order valence-corrected chi connectivity index (χ4v) is 1.91. The quantitative estimate of drug-likeness (QED) is 0.819. The molecule has 0 fully saturated rings. The maximum absolute atomic E-state index is 9.17. The van der Waals surface area contributed by atoms with E-state index in [1.165, 1.54) is 0 Å². The number of H-pyrrole nitrogens is 1. The third-order valence-electron chi connectivity index (χ3n) is 2.63. The van der Waals surface area contributed by atoms with Crippen LogP contribution in [0, 0.1) is 18.3 Å². The number of nitrogens with zero attached hydrogens (tertiary/aromatic N) is 2. The van der Waals surface area contributed by atoms with Crippen molar-refractivity contribution in [2.24, 2.45) is 0 Å². The Hall–Kier alpha value is -1.53. The number of pyridine rings is 1. The third kappa shape index (κ3) is 1.56. The highest BCUT2D eigenvalue weighted by Gasteiger charge is 2.15. The smallest absolute Gasteiger partial charge is 0.139 e. The maximum Gasteiger partial charge on any atom is 0.139 e. The molecule has 16 heavy (non-hydrogen) atoms. The van der Waals surface area contributed by atoms with Gasteiger partial charge >= 0.3 is 0 Å². The molecule has 4 heteroatoms. The Labute approximate surface area is 99.1 Å². The van der Waals surface area contributed by atoms with Gasteiger partial charge in [-0.1, -0.05) is 25.4 Å². The number of fused-ring (bicyclic) bond motifs is 1. The van der Waals surface area contributed by atoms with Gasteiger partial charge in [-0.25, -0.2) is 4.98 Å². The van der Waals surface area contributed by atoms with Gasteiger partial charge < -0.3 is 4.98 Å². The van der Waals surface area contributed by atoms with Crippen LogP contribution in [0.2, 0.25) is 5.02 Å². The highest BCUT2D eigenvalue weighted by Crippen LogP contribution is 2.28. The van der Waals surface area contributed by atoms with Gasteiger partial charge in [0.1, 0.15) is 11.7 Å². The highest BCUT2D eigenvalue weighted by molar-refractivity contribution is 6.31. The fourth-order valence-electron chi connectivity index (χ4n) is 1.76. The zero-order chi connectivity index (χ0) is 11.9. The number of hydrogen-bond donors (Lipinski definition) is 1. The minimum atomic E-state index is 0.267. The molecular weight excluding hydrogens is 222 g/mol. The van der Waals surface area contributed by atoms with E-state index in [2.05, 4.69) is 16.0 Å². The van der Waals surface area contributed by atoms with Gasteiger partial charge in [-0.15, -0.1) is 0 Å². The van der Waals surface area contributed by atoms with Crippen LogP contribution < -0.4 is 0 Å². The topological polar surface area (TPSA) is 52.5 Å². The number of aromatic amines is 1. The number of hydrogen-bond acceptors (Lipinski definition) is 2. The van der Waals surface area contributed by atoms with Crippen molar-refractivity contribution in [3.63, 3.8) is 0 Å². The molecule has 0 aliphatic heterocycles. The first-order valence-electron chi connectivity index (χ1n) is 5.13. The van der Waals surface area contributed by atoms with E-state index in [9.17, 15) is 5.26 Å². The lowest BCUT2D eigenvalue weighted by Gasteiger charge is -2.00. The standard InChI is InChI=1S/C12H12ClN3/c1-6(2)11-9(5-14)8-4-10(13)7(3)15-12(8)16-11/h4,6H,1-3H3,(H,15,16). The number of aromatic nitrogens is 2. The molecule has 2 aromatic heterocycles. The second kappa shape index (κ2) is 3.80. The lowest BCUT2D eigenvalue weighted by Crippen LogP contribution is -1.90. The van der Waals surface area contributed by atoms with Gasteiger partial charge in [0.2, 0.25) is 0 Å². The average molecular weight is 234 g/mol. The summed E-state index contributed by atoms with van der Waals surface area (Å²) in [6.45, 7) is 5.93. The molecule has 0 spiro atoms. The number of nitriles is 1. The maximum atomic E-state index is 9.17. The van der Waals surface area contributed by atoms with Crippen molar-refractivity contribution in [1.82, 2.24) is 9.97 Å². The van der Waals surface area contributed by atoms with Crippen LogP contribution in [0.1, 0.15) is 36.7 Å². The monoisotopic (exact) mass is 233 g/mol. The Morgan fingerprint density at radius 1 is 1.50 bits per heavy atom. The molecule has 0 amide bonds. The number of nitrogens with one attached hydrogen (secondary N) is 1. The first-order chi connectivity index (χ1) is 7.54. The SMILES string of the molecule is Cc1nc2[nH]c(C(C)C)c(C#N)c2cc1Cl. The van der Waals surface area contributed by atoms with Crippen LogP contribution in [-0.4, -0.2) is 9.97 Å². The minimum Gasteiger partial charge on any atom is -0.342 e. The van der Waals surface area contributed by atoms with Crippen molar-refractivity contribution in [3.8, 4) is 6.07 Å². The molecule has 0 bridgehead atoms. The van der Waals surface area contributed by atoms with Gasteiger partial charge in [0.05, 0.1) is 16.3 Å². The number of halogens is 1. The van der Waals surface area contributed by atoms with E-state index in [0.717, 1.165) is 22.4 Å². The van der Waals surface area contributed by atoms with E-state index >= 15 is 0 Å². The molecule has 0 unspecified atom stereocenters. The Morgan fingerprint density at radius 2 is 2.19 bits per heavy atom. The van der Waals surface area contributed by atoms with Crippen molar-refractivity contribution < 1.29 is 0 Å². The summed E-state index contributed by atoms with van der Waals surface area (Å²) in [6, 6.07) is 4.02. The predicted molar refractivity (Wildman–Crippen MR) is 64.6 cm³/mol. The van der Waals surface area contributed by atoms with Crippen LogP contribution >= 0.6 is 11.6 Å². The molecule has 3 nitrogen and oxygen atoms in total. The molecule has 0 aliphatic carbocycles. The first kappa shape index (κ1) is 11.0. The van der Waals surface area contributed by atoms with Gasteiger partial charge in [0.25, 0.3) is 0 Å². The van der Waals surface area contributed by atoms with E-state index in [0.29, 0.717) is 10.6 Å². The lowest BCUT2D eigenvalue weighted by atomic mass is 10.1. The van der Waals surface area contributed by atoms with Crippen molar-refractivity contribution in [1.29, 1.82) is 5.26 Å². The largest absolute Gasteiger partial charge is 0.342 e. The number of aryl methyl sites for hydroxylation is 1. The molecule has 0 saturated heterocycles. The normalized spacial score (nSPS) is 11.0. The molecule has 2 heterocycles. The van der Waals surface area contributed by atoms with Gasteiger partial charge in [0.15, 0.2) is 0 Å². The van der Waals surface area contributed by atoms with E-state index in [1.54, 1.807) is 6.07 Å². The molecule has 1 N–H and O–H groups in total. The van der Waals surface area contributed by atoms with E-state index in [-0.39, 0.29) is 5.92 Å². The average Bonchev–Trinajstić information content (AvgIpc) is 2.57. The molecule has 2 aromatic rings. The van der Waals surface area contributed by atoms with E-state index < -0.39 is 0 Å². The molecule has 0 aromatic carbocycles. The molecule has 0 saturated carbocycles. The molecule has 0 radical (unpaired) electrons. The highest BCUT2D eigenvalue weighted by atomic mass is 35.5. The van der Waals surface area contributed by atoms with E-state index in [1.807, 2.05) is 20.8 Å². The van der Waals surface area contributed by atoms with Crippen molar-refractivity contribution in [2.75, 3.05) is 0 Å². The van der Waals surface area contributed by atoms with Gasteiger partial charge in [-0.3, -0.25) is 0 Å². The molecule has 0 aliphatic rings. The van der Waals surface area contributed by atoms with Crippen molar-refractivity contribution >= 4 is 22.6 Å². The van der Waals surface area contributed by atoms with Crippen LogP contribution in [0.5, 0.6) is 0 Å². The van der Waals surface area contributed by atoms with Crippen LogP contribution in [0.25, 0.3) is 11.0 Å². The second-order valence-electron chi connectivity index (χ2n) is 4.13. The van der Waals surface area contributed by atoms with Gasteiger partial charge in [0, 0.05) is 11.1 Å². The summed E-state index contributed by atoms with van der Waals surface area (Å²) in [5.41, 5.74) is 3.09. The third-order valence-corrected chi connectivity index (χ3v) is 3.01. The van der Waals surface area contributed by atoms with E-state index in [4.69, 9.17) is 11.6 Å². The Kier molecular flexibility index (Phi) is 2.61. The van der Waals surface area contributed by atoms with Gasteiger partial charge in [-0.05, 0) is 18.9 Å². The summed E-state index contributed by atoms with van der Waals surface area (Å²) in [5, 5.41) is 10.6. The second-order valence-corrected chi connectivity index (χ2v) is 4.54. The zero-order valence-electron chi connectivity index (χ0n) is 9.43. The Balaban J connectivity index is 2.84. The predicted octanol–water partition coefficient (Wildman–Crippen LogP) is 3.52. The van der Waals surface area contributed by atoms with Gasteiger partial charge in [-0.2, -0.15) is 5.26 Å². The summed E-state index contributed by atoms with van der Waals surface area (Å²) in [7, 11) is 0. The first-order valence-corrected chi connectivity index (χ1v) is 5.51. The number of rotatable bonds is 1. The summed E-state index contributed by atoms with van der Waals surface area (Å²) < 4.78 is 0. The van der Waals surface area contributed by atoms with Crippen LogP contribution in [0.15, 0.2) is 6.07 Å². The summed E-state index contributed by atoms with van der Waals surface area (Å²) in [4.78, 5) is 7.54. The zero-order valence-corrected chi connectivity index (χ0v) is 10.2. The van der Waals surface area contributed by atoms with Crippen molar-refractivity contribution in [3.05, 3.63) is 28.0 Å². The summed E-state index contributed by atoms with van der Waals surface area (Å²) in [6.07, 6.45) is 0. The lowest BCUT2D eigenvalue weighted by molar-refractivity contribution is 0.831. The van der Waals surface area contributed by atoms with Crippen LogP contribution in [0.3, 0.4) is 0 Å². The molecule has 2 rings (SSSR count).